The molecule has 0 aliphatic carbocycles. The van der Waals surface area contributed by atoms with Gasteiger partial charge in [-0.15, -0.1) is 0 Å². The van der Waals surface area contributed by atoms with E-state index >= 15 is 0 Å². The van der Waals surface area contributed by atoms with Gasteiger partial charge in [0.05, 0.1) is 22.6 Å². The topological polar surface area (TPSA) is 84.6 Å². The van der Waals surface area contributed by atoms with E-state index in [1.54, 1.807) is 12.1 Å². The van der Waals surface area contributed by atoms with Crippen molar-refractivity contribution in [3.8, 4) is 5.75 Å². The normalized spacial score (nSPS) is 10.4. The summed E-state index contributed by atoms with van der Waals surface area (Å²) in [5, 5.41) is 11.7. The lowest BCUT2D eigenvalue weighted by molar-refractivity contribution is -0.0493. The predicted octanol–water partition coefficient (Wildman–Crippen LogP) is 3.31. The average Bonchev–Trinajstić information content (AvgIpc) is 2.42. The van der Waals surface area contributed by atoms with Crippen molar-refractivity contribution in [1.29, 1.82) is 0 Å². The minimum absolute atomic E-state index is 0.0268. The lowest BCUT2D eigenvalue weighted by atomic mass is 10.1. The van der Waals surface area contributed by atoms with Crippen LogP contribution in [0.5, 0.6) is 5.75 Å². The summed E-state index contributed by atoms with van der Waals surface area (Å²) in [6.07, 6.45) is 0. The Morgan fingerprint density at radius 3 is 2.57 bits per heavy atom. The number of carboxylic acid groups (broad SMARTS) is 1. The summed E-state index contributed by atoms with van der Waals surface area (Å²) in [5.74, 6) is -1.18. The Kier molecular flexibility index (Phi) is 4.22. The Bertz CT molecular complexity index is 662. The molecule has 0 aromatic heterocycles. The van der Waals surface area contributed by atoms with Crippen molar-refractivity contribution in [2.24, 2.45) is 0 Å². The number of halogens is 2. The Morgan fingerprint density at radius 2 is 1.90 bits per heavy atom. The van der Waals surface area contributed by atoms with Crippen molar-refractivity contribution >= 4 is 23.0 Å². The summed E-state index contributed by atoms with van der Waals surface area (Å²) in [5.41, 5.74) is 6.60. The van der Waals surface area contributed by atoms with Crippen molar-refractivity contribution in [2.45, 2.75) is 6.61 Å². The van der Waals surface area contributed by atoms with E-state index in [0.717, 1.165) is 0 Å². The lowest BCUT2D eigenvalue weighted by Crippen LogP contribution is -2.06. The molecule has 0 aliphatic heterocycles. The van der Waals surface area contributed by atoms with Crippen molar-refractivity contribution < 1.29 is 23.4 Å². The van der Waals surface area contributed by atoms with Gasteiger partial charge in [-0.05, 0) is 30.3 Å². The maximum absolute atomic E-state index is 12.3. The molecule has 0 aliphatic rings. The van der Waals surface area contributed by atoms with Gasteiger partial charge in [-0.1, -0.05) is 12.1 Å². The number of para-hydroxylation sites is 2. The first kappa shape index (κ1) is 14.6. The summed E-state index contributed by atoms with van der Waals surface area (Å²) in [7, 11) is 0. The van der Waals surface area contributed by atoms with Gasteiger partial charge in [0.2, 0.25) is 0 Å². The minimum atomic E-state index is -2.96. The van der Waals surface area contributed by atoms with Crippen LogP contribution in [0.3, 0.4) is 0 Å². The number of aromatic carboxylic acids is 1. The maximum atomic E-state index is 12.3. The van der Waals surface area contributed by atoms with Crippen LogP contribution < -0.4 is 15.8 Å². The van der Waals surface area contributed by atoms with Gasteiger partial charge in [0.25, 0.3) is 0 Å². The molecule has 21 heavy (non-hydrogen) atoms. The number of carboxylic acids is 1. The molecule has 0 fully saturated rings. The molecule has 110 valence electrons. The van der Waals surface area contributed by atoms with Crippen LogP contribution >= 0.6 is 0 Å². The van der Waals surface area contributed by atoms with Crippen LogP contribution in [0.15, 0.2) is 42.5 Å². The van der Waals surface area contributed by atoms with Crippen LogP contribution in [0, 0.1) is 0 Å². The highest BCUT2D eigenvalue weighted by Gasteiger charge is 2.12. The summed E-state index contributed by atoms with van der Waals surface area (Å²) in [6.45, 7) is -2.96. The predicted molar refractivity (Wildman–Crippen MR) is 74.2 cm³/mol. The molecule has 4 N–H and O–H groups in total. The fourth-order valence-corrected chi connectivity index (χ4v) is 1.71. The summed E-state index contributed by atoms with van der Waals surface area (Å²) < 4.78 is 29.1. The number of anilines is 3. The third kappa shape index (κ3) is 3.59. The monoisotopic (exact) mass is 294 g/mol. The third-order valence-electron chi connectivity index (χ3n) is 2.67. The second-order valence-electron chi connectivity index (χ2n) is 4.11. The molecule has 0 bridgehead atoms. The second kappa shape index (κ2) is 6.08. The first-order valence-electron chi connectivity index (χ1n) is 5.91. The number of nitrogens with one attached hydrogen (secondary N) is 1. The number of alkyl halides is 2. The van der Waals surface area contributed by atoms with Gasteiger partial charge in [-0.3, -0.25) is 0 Å². The highest BCUT2D eigenvalue weighted by atomic mass is 19.3. The fourth-order valence-electron chi connectivity index (χ4n) is 1.71. The second-order valence-corrected chi connectivity index (χ2v) is 4.11. The van der Waals surface area contributed by atoms with Crippen LogP contribution in [-0.4, -0.2) is 17.7 Å². The number of hydrogen-bond donors (Lipinski definition) is 3. The largest absolute Gasteiger partial charge is 0.478 e. The van der Waals surface area contributed by atoms with Gasteiger partial charge < -0.3 is 20.9 Å². The number of nitrogens with two attached hydrogens (primary N) is 1. The summed E-state index contributed by atoms with van der Waals surface area (Å²) in [4.78, 5) is 10.9. The highest BCUT2D eigenvalue weighted by Crippen LogP contribution is 2.31. The molecule has 2 aromatic rings. The standard InChI is InChI=1S/C14H12F2N2O3/c15-14(16)21-12-4-2-1-3-10(12)18-11-7-8(13(19)20)5-6-9(11)17/h1-7,14,18H,17H2,(H,19,20). The number of rotatable bonds is 5. The maximum Gasteiger partial charge on any atom is 0.387 e. The van der Waals surface area contributed by atoms with Crippen LogP contribution in [-0.2, 0) is 0 Å². The smallest absolute Gasteiger partial charge is 0.387 e. The number of benzene rings is 2. The fraction of sp³-hybridized carbons (Fsp3) is 0.0714. The van der Waals surface area contributed by atoms with E-state index in [9.17, 15) is 13.6 Å². The lowest BCUT2D eigenvalue weighted by Gasteiger charge is -2.14. The molecule has 0 unspecified atom stereocenters. The first-order chi connectivity index (χ1) is 9.97. The van der Waals surface area contributed by atoms with Gasteiger partial charge in [0.1, 0.15) is 5.75 Å². The Hall–Kier alpha value is -2.83. The molecule has 7 heteroatoms. The minimum Gasteiger partial charge on any atom is -0.478 e. The Labute approximate surface area is 119 Å². The molecule has 5 nitrogen and oxygen atoms in total. The SMILES string of the molecule is Nc1ccc(C(=O)O)cc1Nc1ccccc1OC(F)F. The molecule has 2 aromatic carbocycles. The molecule has 2 rings (SSSR count). The van der Waals surface area contributed by atoms with Crippen molar-refractivity contribution in [2.75, 3.05) is 11.1 Å². The molecule has 0 saturated carbocycles. The zero-order valence-electron chi connectivity index (χ0n) is 10.7. The number of ether oxygens (including phenoxy) is 1. The Balaban J connectivity index is 2.34. The van der Waals surface area contributed by atoms with E-state index in [-0.39, 0.29) is 22.7 Å². The number of nitrogen functional groups attached to an aromatic ring is 1. The van der Waals surface area contributed by atoms with Gasteiger partial charge in [-0.25, -0.2) is 4.79 Å². The van der Waals surface area contributed by atoms with Gasteiger partial charge in [0, 0.05) is 0 Å². The van der Waals surface area contributed by atoms with Crippen molar-refractivity contribution in [3.05, 3.63) is 48.0 Å². The van der Waals surface area contributed by atoms with E-state index in [1.807, 2.05) is 0 Å². The summed E-state index contributed by atoms with van der Waals surface area (Å²) in [6, 6.07) is 10.1. The molecule has 0 amide bonds. The molecule has 0 radical (unpaired) electrons. The Morgan fingerprint density at radius 1 is 1.19 bits per heavy atom. The number of hydrogen-bond acceptors (Lipinski definition) is 4. The molecule has 0 spiro atoms. The highest BCUT2D eigenvalue weighted by molar-refractivity contribution is 5.91. The van der Waals surface area contributed by atoms with Crippen LogP contribution in [0.1, 0.15) is 10.4 Å². The van der Waals surface area contributed by atoms with E-state index in [2.05, 4.69) is 10.1 Å². The number of carbonyl (C=O) groups is 1. The average molecular weight is 294 g/mol. The first-order valence-corrected chi connectivity index (χ1v) is 5.91. The summed E-state index contributed by atoms with van der Waals surface area (Å²) >= 11 is 0. The zero-order valence-corrected chi connectivity index (χ0v) is 10.7. The van der Waals surface area contributed by atoms with Gasteiger partial charge >= 0.3 is 12.6 Å². The van der Waals surface area contributed by atoms with E-state index in [0.29, 0.717) is 5.69 Å². The van der Waals surface area contributed by atoms with E-state index in [4.69, 9.17) is 10.8 Å². The van der Waals surface area contributed by atoms with Crippen molar-refractivity contribution in [1.82, 2.24) is 0 Å². The van der Waals surface area contributed by atoms with Gasteiger partial charge in [-0.2, -0.15) is 8.78 Å². The van der Waals surface area contributed by atoms with Gasteiger partial charge in [0.15, 0.2) is 0 Å². The van der Waals surface area contributed by atoms with Crippen molar-refractivity contribution in [3.63, 3.8) is 0 Å². The molecule has 0 saturated heterocycles. The van der Waals surface area contributed by atoms with E-state index in [1.165, 1.54) is 30.3 Å². The van der Waals surface area contributed by atoms with E-state index < -0.39 is 12.6 Å². The molecular weight excluding hydrogens is 282 g/mol. The third-order valence-corrected chi connectivity index (χ3v) is 2.67. The quantitative estimate of drug-likeness (QED) is 0.737. The van der Waals surface area contributed by atoms with Crippen LogP contribution in [0.4, 0.5) is 25.8 Å². The van der Waals surface area contributed by atoms with Crippen LogP contribution in [0.25, 0.3) is 0 Å². The molecular formula is C14H12F2N2O3. The molecule has 0 atom stereocenters. The van der Waals surface area contributed by atoms with Crippen LogP contribution in [0.2, 0.25) is 0 Å². The molecule has 0 heterocycles. The zero-order chi connectivity index (χ0) is 15.4.